The van der Waals surface area contributed by atoms with Gasteiger partial charge in [0.25, 0.3) is 0 Å². The van der Waals surface area contributed by atoms with Crippen LogP contribution >= 0.6 is 0 Å². The zero-order valence-electron chi connectivity index (χ0n) is 9.49. The lowest BCUT2D eigenvalue weighted by Gasteiger charge is -1.95. The second-order valence-electron chi connectivity index (χ2n) is 3.91. The predicted molar refractivity (Wildman–Crippen MR) is 65.0 cm³/mol. The smallest absolute Gasteiger partial charge is 0.221 e. The quantitative estimate of drug-likeness (QED) is 0.606. The van der Waals surface area contributed by atoms with Gasteiger partial charge in [0.15, 0.2) is 0 Å². The highest BCUT2D eigenvalue weighted by molar-refractivity contribution is 5.84. The number of hydrogen-bond donors (Lipinski definition) is 1. The van der Waals surface area contributed by atoms with Crippen molar-refractivity contribution in [2.45, 2.75) is 44.7 Å². The lowest BCUT2D eigenvalue weighted by Crippen LogP contribution is -2.23. The molecule has 2 heterocycles. The minimum atomic E-state index is 0.00231. The van der Waals surface area contributed by atoms with E-state index in [0.29, 0.717) is 6.42 Å². The maximum atomic E-state index is 10.4. The van der Waals surface area contributed by atoms with Gasteiger partial charge in [0.1, 0.15) is 6.04 Å². The fraction of sp³-hybridized carbons (Fsp3) is 0.538. The largest absolute Gasteiger partial charge is 0.342 e. The molecule has 84 valence electrons. The predicted octanol–water partition coefficient (Wildman–Crippen LogP) is 1.14. The van der Waals surface area contributed by atoms with Gasteiger partial charge < -0.3 is 5.32 Å². The topological polar surface area (TPSA) is 41.5 Å². The second-order valence-corrected chi connectivity index (χ2v) is 3.91. The van der Waals surface area contributed by atoms with Gasteiger partial charge in [-0.2, -0.15) is 0 Å². The van der Waals surface area contributed by atoms with Gasteiger partial charge in [0.2, 0.25) is 5.91 Å². The first kappa shape index (κ1) is 12.3. The van der Waals surface area contributed by atoms with E-state index in [9.17, 15) is 4.79 Å². The number of nitrogens with zero attached hydrogens (tertiary/aromatic N) is 1. The molecule has 0 aromatic rings. The van der Waals surface area contributed by atoms with E-state index in [4.69, 9.17) is 12.8 Å². The van der Waals surface area contributed by atoms with Crippen LogP contribution in [0.3, 0.4) is 0 Å². The Morgan fingerprint density at radius 3 is 2.31 bits per heavy atom. The SMILES string of the molecule is C#C[C@@H]1CCC(=O)N1.C#C[C@@H]1CCC(C)=N1. The normalized spacial score (nSPS) is 26.9. The monoisotopic (exact) mass is 216 g/mol. The third-order valence-corrected chi connectivity index (χ3v) is 2.54. The molecule has 0 spiro atoms. The van der Waals surface area contributed by atoms with E-state index in [0.717, 1.165) is 19.3 Å². The summed E-state index contributed by atoms with van der Waals surface area (Å²) in [6, 6.07) is 0.192. The molecule has 0 radical (unpaired) electrons. The summed E-state index contributed by atoms with van der Waals surface area (Å²) < 4.78 is 0. The Morgan fingerprint density at radius 2 is 2.06 bits per heavy atom. The molecule has 0 bridgehead atoms. The highest BCUT2D eigenvalue weighted by atomic mass is 16.1. The fourth-order valence-corrected chi connectivity index (χ4v) is 1.60. The van der Waals surface area contributed by atoms with E-state index >= 15 is 0 Å². The molecule has 16 heavy (non-hydrogen) atoms. The van der Waals surface area contributed by atoms with Crippen LogP contribution in [0.25, 0.3) is 0 Å². The summed E-state index contributed by atoms with van der Waals surface area (Å²) in [6.07, 6.45) is 13.7. The summed E-state index contributed by atoms with van der Waals surface area (Å²) >= 11 is 0. The molecule has 0 saturated carbocycles. The highest BCUT2D eigenvalue weighted by Crippen LogP contribution is 2.10. The van der Waals surface area contributed by atoms with E-state index in [1.165, 1.54) is 5.71 Å². The lowest BCUT2D eigenvalue weighted by molar-refractivity contribution is -0.119. The fourth-order valence-electron chi connectivity index (χ4n) is 1.60. The zero-order chi connectivity index (χ0) is 12.0. The maximum absolute atomic E-state index is 10.4. The molecule has 1 saturated heterocycles. The summed E-state index contributed by atoms with van der Waals surface area (Å²) in [6.45, 7) is 2.03. The van der Waals surface area contributed by atoms with Crippen LogP contribution in [-0.2, 0) is 4.79 Å². The number of nitrogens with one attached hydrogen (secondary N) is 1. The van der Waals surface area contributed by atoms with Crippen LogP contribution in [0.15, 0.2) is 4.99 Å². The number of terminal acetylenes is 2. The molecule has 0 aromatic carbocycles. The molecule has 0 aromatic heterocycles. The van der Waals surface area contributed by atoms with E-state index in [-0.39, 0.29) is 18.0 Å². The van der Waals surface area contributed by atoms with Crippen LogP contribution in [0.2, 0.25) is 0 Å². The summed E-state index contributed by atoms with van der Waals surface area (Å²) in [5.74, 6) is 5.15. The first-order valence-corrected chi connectivity index (χ1v) is 5.40. The Labute approximate surface area is 96.7 Å². The molecule has 3 heteroatoms. The average Bonchev–Trinajstić information content (AvgIpc) is 2.88. The van der Waals surface area contributed by atoms with Crippen LogP contribution in [0.5, 0.6) is 0 Å². The van der Waals surface area contributed by atoms with Crippen molar-refractivity contribution >= 4 is 11.6 Å². The third-order valence-electron chi connectivity index (χ3n) is 2.54. The number of carbonyl (C=O) groups excluding carboxylic acids is 1. The van der Waals surface area contributed by atoms with Crippen molar-refractivity contribution in [1.29, 1.82) is 0 Å². The first-order chi connectivity index (χ1) is 7.65. The van der Waals surface area contributed by atoms with Crippen molar-refractivity contribution in [3.05, 3.63) is 0 Å². The van der Waals surface area contributed by atoms with Crippen LogP contribution in [0.1, 0.15) is 32.6 Å². The van der Waals surface area contributed by atoms with E-state index in [1.807, 2.05) is 6.92 Å². The molecular weight excluding hydrogens is 200 g/mol. The van der Waals surface area contributed by atoms with Crippen molar-refractivity contribution in [2.24, 2.45) is 4.99 Å². The Hall–Kier alpha value is -1.74. The first-order valence-electron chi connectivity index (χ1n) is 5.40. The number of rotatable bonds is 0. The van der Waals surface area contributed by atoms with E-state index in [2.05, 4.69) is 22.2 Å². The third kappa shape index (κ3) is 3.79. The second kappa shape index (κ2) is 5.98. The number of carbonyl (C=O) groups is 1. The molecule has 1 N–H and O–H groups in total. The maximum Gasteiger partial charge on any atom is 0.221 e. The van der Waals surface area contributed by atoms with Crippen molar-refractivity contribution in [3.63, 3.8) is 0 Å². The molecule has 2 atom stereocenters. The summed E-state index contributed by atoms with van der Waals surface area (Å²) in [4.78, 5) is 14.6. The average molecular weight is 216 g/mol. The number of amides is 1. The van der Waals surface area contributed by atoms with Crippen LogP contribution in [-0.4, -0.2) is 23.7 Å². The summed E-state index contributed by atoms with van der Waals surface area (Å²) in [5, 5.41) is 2.63. The van der Waals surface area contributed by atoms with Crippen LogP contribution in [0, 0.1) is 24.7 Å². The molecule has 2 aliphatic heterocycles. The minimum absolute atomic E-state index is 0.00231. The molecular formula is C13H16N2O. The van der Waals surface area contributed by atoms with Gasteiger partial charge in [-0.05, 0) is 26.2 Å². The van der Waals surface area contributed by atoms with Crippen molar-refractivity contribution < 1.29 is 4.79 Å². The molecule has 2 aliphatic rings. The van der Waals surface area contributed by atoms with Gasteiger partial charge in [-0.1, -0.05) is 11.8 Å². The van der Waals surface area contributed by atoms with E-state index < -0.39 is 0 Å². The summed E-state index contributed by atoms with van der Waals surface area (Å²) in [5.41, 5.74) is 1.20. The number of hydrogen-bond acceptors (Lipinski definition) is 2. The Morgan fingerprint density at radius 1 is 1.31 bits per heavy atom. The summed E-state index contributed by atoms with van der Waals surface area (Å²) in [7, 11) is 0. The molecule has 0 unspecified atom stereocenters. The molecule has 0 aliphatic carbocycles. The molecule has 1 fully saturated rings. The van der Waals surface area contributed by atoms with Gasteiger partial charge in [-0.15, -0.1) is 12.8 Å². The van der Waals surface area contributed by atoms with Crippen molar-refractivity contribution in [1.82, 2.24) is 5.32 Å². The van der Waals surface area contributed by atoms with Gasteiger partial charge in [-0.25, -0.2) is 0 Å². The molecule has 3 nitrogen and oxygen atoms in total. The van der Waals surface area contributed by atoms with Crippen molar-refractivity contribution in [3.8, 4) is 24.7 Å². The van der Waals surface area contributed by atoms with Gasteiger partial charge in [-0.3, -0.25) is 9.79 Å². The van der Waals surface area contributed by atoms with Gasteiger partial charge >= 0.3 is 0 Å². The Kier molecular flexibility index (Phi) is 4.61. The van der Waals surface area contributed by atoms with Crippen LogP contribution < -0.4 is 5.32 Å². The van der Waals surface area contributed by atoms with Crippen molar-refractivity contribution in [2.75, 3.05) is 0 Å². The zero-order valence-corrected chi connectivity index (χ0v) is 9.49. The molecule has 1 amide bonds. The number of aliphatic imine (C=N–C) groups is 1. The van der Waals surface area contributed by atoms with Gasteiger partial charge in [0.05, 0.1) is 6.04 Å². The standard InChI is InChI=1S/C7H9N.C6H7NO/c1-3-7-5-4-6(2)8-7;1-2-5-3-4-6(8)7-5/h1,7H,4-5H2,2H3;1,5H,3-4H2,(H,7,8)/t7-;5-/m11/s1. The van der Waals surface area contributed by atoms with E-state index in [1.54, 1.807) is 0 Å². The van der Waals surface area contributed by atoms with Crippen LogP contribution in [0.4, 0.5) is 0 Å². The van der Waals surface area contributed by atoms with Gasteiger partial charge in [0, 0.05) is 12.1 Å². The Balaban J connectivity index is 0.000000160. The lowest BCUT2D eigenvalue weighted by atomic mass is 10.2. The Bertz CT molecular complexity index is 370. The molecule has 2 rings (SSSR count). The highest BCUT2D eigenvalue weighted by Gasteiger charge is 2.17. The minimum Gasteiger partial charge on any atom is -0.342 e.